The van der Waals surface area contributed by atoms with E-state index in [2.05, 4.69) is 11.8 Å². The van der Waals surface area contributed by atoms with Crippen LogP contribution >= 0.6 is 0 Å². The highest BCUT2D eigenvalue weighted by atomic mass is 32.2. The van der Waals surface area contributed by atoms with Crippen LogP contribution in [0.25, 0.3) is 0 Å². The molecule has 0 atom stereocenters. The quantitative estimate of drug-likeness (QED) is 0.837. The molecule has 0 saturated carbocycles. The topological polar surface area (TPSA) is 40.6 Å². The molecule has 0 spiro atoms. The van der Waals surface area contributed by atoms with E-state index in [1.807, 2.05) is 0 Å². The van der Waals surface area contributed by atoms with E-state index in [4.69, 9.17) is 0 Å². The Bertz CT molecular complexity index is 581. The van der Waals surface area contributed by atoms with Crippen molar-refractivity contribution in [1.29, 1.82) is 0 Å². The summed E-state index contributed by atoms with van der Waals surface area (Å²) in [6.45, 7) is 7.29. The molecule has 0 radical (unpaired) electrons. The number of halogens is 1. The standard InChI is InChI=1S/C15H23FN2O2S/c1-3-4-7-17-8-10-18(11-9-17)21(19,20)14-5-6-15(16)13(2)12-14/h5-6,12H,3-4,7-11H2,1-2H3. The van der Waals surface area contributed by atoms with Gasteiger partial charge in [0, 0.05) is 26.2 Å². The Kier molecular flexibility index (Phi) is 5.35. The van der Waals surface area contributed by atoms with Gasteiger partial charge in [0.1, 0.15) is 5.82 Å². The van der Waals surface area contributed by atoms with Gasteiger partial charge in [-0.2, -0.15) is 4.31 Å². The SMILES string of the molecule is CCCCN1CCN(S(=O)(=O)c2ccc(F)c(C)c2)CC1. The third-order valence-corrected chi connectivity index (χ3v) is 5.82. The molecule has 4 nitrogen and oxygen atoms in total. The van der Waals surface area contributed by atoms with Crippen LogP contribution in [0.5, 0.6) is 0 Å². The van der Waals surface area contributed by atoms with Gasteiger partial charge >= 0.3 is 0 Å². The summed E-state index contributed by atoms with van der Waals surface area (Å²) in [5.74, 6) is -0.377. The highest BCUT2D eigenvalue weighted by molar-refractivity contribution is 7.89. The molecular weight excluding hydrogens is 291 g/mol. The second kappa shape index (κ2) is 6.85. The normalized spacial score (nSPS) is 18.0. The molecule has 1 aliphatic heterocycles. The van der Waals surface area contributed by atoms with Gasteiger partial charge in [0.15, 0.2) is 0 Å². The van der Waals surface area contributed by atoms with Crippen LogP contribution in [0, 0.1) is 12.7 Å². The summed E-state index contributed by atoms with van der Waals surface area (Å²) in [5.41, 5.74) is 0.359. The molecule has 118 valence electrons. The van der Waals surface area contributed by atoms with Crippen molar-refractivity contribution in [3.05, 3.63) is 29.6 Å². The van der Waals surface area contributed by atoms with Crippen LogP contribution in [0.3, 0.4) is 0 Å². The minimum absolute atomic E-state index is 0.184. The van der Waals surface area contributed by atoms with E-state index in [1.165, 1.54) is 22.5 Å². The van der Waals surface area contributed by atoms with Crippen molar-refractivity contribution in [3.8, 4) is 0 Å². The molecule has 1 aromatic rings. The first-order chi connectivity index (χ1) is 9.95. The summed E-state index contributed by atoms with van der Waals surface area (Å²) < 4.78 is 39.9. The van der Waals surface area contributed by atoms with Gasteiger partial charge in [0.25, 0.3) is 0 Å². The molecule has 0 aromatic heterocycles. The van der Waals surface area contributed by atoms with Gasteiger partial charge in [0.05, 0.1) is 4.90 Å². The first-order valence-electron chi connectivity index (χ1n) is 7.44. The number of hydrogen-bond acceptors (Lipinski definition) is 3. The number of unbranched alkanes of at least 4 members (excludes halogenated alkanes) is 1. The molecule has 0 bridgehead atoms. The molecular formula is C15H23FN2O2S. The molecule has 1 heterocycles. The van der Waals surface area contributed by atoms with Crippen molar-refractivity contribution in [2.45, 2.75) is 31.6 Å². The highest BCUT2D eigenvalue weighted by Crippen LogP contribution is 2.20. The molecule has 1 fully saturated rings. The van der Waals surface area contributed by atoms with Crippen molar-refractivity contribution in [2.24, 2.45) is 0 Å². The van der Waals surface area contributed by atoms with Gasteiger partial charge < -0.3 is 4.90 Å². The molecule has 1 aromatic carbocycles. The maximum atomic E-state index is 13.3. The lowest BCUT2D eigenvalue weighted by Gasteiger charge is -2.34. The smallest absolute Gasteiger partial charge is 0.243 e. The number of rotatable bonds is 5. The van der Waals surface area contributed by atoms with Crippen molar-refractivity contribution in [3.63, 3.8) is 0 Å². The van der Waals surface area contributed by atoms with Gasteiger partial charge in [-0.05, 0) is 43.7 Å². The second-order valence-corrected chi connectivity index (χ2v) is 7.45. The average Bonchev–Trinajstić information content (AvgIpc) is 2.48. The van der Waals surface area contributed by atoms with E-state index in [1.54, 1.807) is 6.92 Å². The predicted octanol–water partition coefficient (Wildman–Crippen LogP) is 2.24. The average molecular weight is 314 g/mol. The van der Waals surface area contributed by atoms with E-state index in [0.29, 0.717) is 18.7 Å². The fraction of sp³-hybridized carbons (Fsp3) is 0.600. The number of nitrogens with zero attached hydrogens (tertiary/aromatic N) is 2. The Balaban J connectivity index is 2.06. The van der Waals surface area contributed by atoms with E-state index < -0.39 is 10.0 Å². The Hall–Kier alpha value is -0.980. The zero-order valence-electron chi connectivity index (χ0n) is 12.7. The molecule has 0 aliphatic carbocycles. The Morgan fingerprint density at radius 2 is 1.86 bits per heavy atom. The predicted molar refractivity (Wildman–Crippen MR) is 81.2 cm³/mol. The monoisotopic (exact) mass is 314 g/mol. The summed E-state index contributed by atoms with van der Waals surface area (Å²) >= 11 is 0. The fourth-order valence-corrected chi connectivity index (χ4v) is 4.01. The number of benzene rings is 1. The maximum Gasteiger partial charge on any atom is 0.243 e. The Labute approximate surface area is 126 Å². The molecule has 21 heavy (non-hydrogen) atoms. The lowest BCUT2D eigenvalue weighted by atomic mass is 10.2. The summed E-state index contributed by atoms with van der Waals surface area (Å²) in [4.78, 5) is 2.48. The molecule has 1 saturated heterocycles. The molecule has 0 unspecified atom stereocenters. The van der Waals surface area contributed by atoms with Crippen LogP contribution < -0.4 is 0 Å². The number of aryl methyl sites for hydroxylation is 1. The van der Waals surface area contributed by atoms with Gasteiger partial charge in [-0.15, -0.1) is 0 Å². The summed E-state index contributed by atoms with van der Waals surface area (Å²) in [6.07, 6.45) is 2.29. The van der Waals surface area contributed by atoms with E-state index >= 15 is 0 Å². The Morgan fingerprint density at radius 3 is 2.43 bits per heavy atom. The lowest BCUT2D eigenvalue weighted by Crippen LogP contribution is -2.48. The van der Waals surface area contributed by atoms with Crippen molar-refractivity contribution in [2.75, 3.05) is 32.7 Å². The zero-order valence-corrected chi connectivity index (χ0v) is 13.5. The zero-order chi connectivity index (χ0) is 15.5. The molecule has 0 amide bonds. The van der Waals surface area contributed by atoms with Crippen LogP contribution in [-0.2, 0) is 10.0 Å². The minimum Gasteiger partial charge on any atom is -0.301 e. The van der Waals surface area contributed by atoms with Gasteiger partial charge in [0.2, 0.25) is 10.0 Å². The maximum absolute atomic E-state index is 13.3. The third kappa shape index (κ3) is 3.81. The second-order valence-electron chi connectivity index (χ2n) is 5.51. The number of sulfonamides is 1. The van der Waals surface area contributed by atoms with Crippen LogP contribution in [0.1, 0.15) is 25.3 Å². The lowest BCUT2D eigenvalue weighted by molar-refractivity contribution is 0.186. The number of piperazine rings is 1. The minimum atomic E-state index is -3.51. The third-order valence-electron chi connectivity index (χ3n) is 3.93. The van der Waals surface area contributed by atoms with Gasteiger partial charge in [-0.3, -0.25) is 0 Å². The van der Waals surface area contributed by atoms with E-state index in [9.17, 15) is 12.8 Å². The first-order valence-corrected chi connectivity index (χ1v) is 8.88. The van der Waals surface area contributed by atoms with E-state index in [0.717, 1.165) is 32.5 Å². The molecule has 6 heteroatoms. The summed E-state index contributed by atoms with van der Waals surface area (Å²) in [6, 6.07) is 3.98. The van der Waals surface area contributed by atoms with Crippen molar-refractivity contribution >= 4 is 10.0 Å². The van der Waals surface area contributed by atoms with Gasteiger partial charge in [-0.1, -0.05) is 13.3 Å². The van der Waals surface area contributed by atoms with Crippen LogP contribution in [-0.4, -0.2) is 50.3 Å². The molecule has 1 aliphatic rings. The van der Waals surface area contributed by atoms with Gasteiger partial charge in [-0.25, -0.2) is 12.8 Å². The first kappa shape index (κ1) is 16.4. The number of hydrogen-bond donors (Lipinski definition) is 0. The fourth-order valence-electron chi connectivity index (χ4n) is 2.50. The molecule has 2 rings (SSSR count). The van der Waals surface area contributed by atoms with E-state index in [-0.39, 0.29) is 10.7 Å². The van der Waals surface area contributed by atoms with Crippen LogP contribution in [0.4, 0.5) is 4.39 Å². The molecule has 0 N–H and O–H groups in total. The highest BCUT2D eigenvalue weighted by Gasteiger charge is 2.28. The van der Waals surface area contributed by atoms with Crippen LogP contribution in [0.15, 0.2) is 23.1 Å². The summed E-state index contributed by atoms with van der Waals surface area (Å²) in [5, 5.41) is 0. The van der Waals surface area contributed by atoms with Crippen molar-refractivity contribution in [1.82, 2.24) is 9.21 Å². The Morgan fingerprint density at radius 1 is 1.19 bits per heavy atom. The summed E-state index contributed by atoms with van der Waals surface area (Å²) in [7, 11) is -3.51. The largest absolute Gasteiger partial charge is 0.301 e. The van der Waals surface area contributed by atoms with Crippen LogP contribution in [0.2, 0.25) is 0 Å². The van der Waals surface area contributed by atoms with Crippen molar-refractivity contribution < 1.29 is 12.8 Å².